The van der Waals surface area contributed by atoms with Crippen LogP contribution in [0.4, 0.5) is 0 Å². The average Bonchev–Trinajstić information content (AvgIpc) is 2.10. The highest BCUT2D eigenvalue weighted by molar-refractivity contribution is 4.95. The van der Waals surface area contributed by atoms with Gasteiger partial charge in [0.2, 0.25) is 0 Å². The van der Waals surface area contributed by atoms with Crippen LogP contribution >= 0.6 is 0 Å². The van der Waals surface area contributed by atoms with Gasteiger partial charge in [-0.15, -0.1) is 0 Å². The first-order chi connectivity index (χ1) is 5.81. The maximum atomic E-state index is 5.32. The zero-order valence-corrected chi connectivity index (χ0v) is 7.84. The van der Waals surface area contributed by atoms with Gasteiger partial charge >= 0.3 is 0 Å². The smallest absolute Gasteiger partial charge is 0.0704 e. The van der Waals surface area contributed by atoms with Crippen LogP contribution in [0.15, 0.2) is 12.2 Å². The van der Waals surface area contributed by atoms with Gasteiger partial charge < -0.3 is 15.2 Å². The molecular formula is C9H19NO2. The van der Waals surface area contributed by atoms with Gasteiger partial charge in [-0.05, 0) is 12.0 Å². The van der Waals surface area contributed by atoms with E-state index in [1.54, 1.807) is 0 Å². The maximum Gasteiger partial charge on any atom is 0.0704 e. The van der Waals surface area contributed by atoms with Gasteiger partial charge in [-0.2, -0.15) is 0 Å². The molecule has 3 nitrogen and oxygen atoms in total. The van der Waals surface area contributed by atoms with Crippen LogP contribution in [0.3, 0.4) is 0 Å². The van der Waals surface area contributed by atoms with Gasteiger partial charge in [-0.3, -0.25) is 0 Å². The Morgan fingerprint density at radius 2 is 1.92 bits per heavy atom. The highest BCUT2D eigenvalue weighted by Crippen LogP contribution is 1.88. The van der Waals surface area contributed by atoms with E-state index in [4.69, 9.17) is 15.2 Å². The lowest BCUT2D eigenvalue weighted by atomic mass is 10.3. The number of ether oxygens (including phenoxy) is 2. The summed E-state index contributed by atoms with van der Waals surface area (Å²) in [5, 5.41) is 0. The molecule has 0 rings (SSSR count). The number of hydrogen-bond donors (Lipinski definition) is 1. The first-order valence-electron chi connectivity index (χ1n) is 4.33. The number of hydrogen-bond acceptors (Lipinski definition) is 3. The van der Waals surface area contributed by atoms with E-state index in [0.29, 0.717) is 26.4 Å². The predicted octanol–water partition coefficient (Wildman–Crippen LogP) is 0.944. The van der Waals surface area contributed by atoms with Crippen molar-refractivity contribution < 1.29 is 9.47 Å². The summed E-state index contributed by atoms with van der Waals surface area (Å²) in [7, 11) is 0. The lowest BCUT2D eigenvalue weighted by Gasteiger charge is -2.05. The van der Waals surface area contributed by atoms with Crippen LogP contribution in [-0.2, 0) is 9.47 Å². The summed E-state index contributed by atoms with van der Waals surface area (Å²) in [6, 6.07) is 0. The van der Waals surface area contributed by atoms with Crippen LogP contribution in [-0.4, -0.2) is 33.0 Å². The quantitative estimate of drug-likeness (QED) is 0.439. The lowest BCUT2D eigenvalue weighted by molar-refractivity contribution is 0.0564. The summed E-state index contributed by atoms with van der Waals surface area (Å²) in [5.74, 6) is 0. The molecule has 0 saturated heterocycles. The third-order valence-corrected chi connectivity index (χ3v) is 1.32. The van der Waals surface area contributed by atoms with Crippen molar-refractivity contribution in [3.8, 4) is 0 Å². The van der Waals surface area contributed by atoms with Crippen LogP contribution in [0, 0.1) is 0 Å². The molecule has 0 fully saturated rings. The van der Waals surface area contributed by atoms with E-state index in [0.717, 1.165) is 18.6 Å². The molecule has 0 aliphatic heterocycles. The first-order valence-corrected chi connectivity index (χ1v) is 4.33. The van der Waals surface area contributed by atoms with Crippen molar-refractivity contribution in [3.63, 3.8) is 0 Å². The molecule has 0 radical (unpaired) electrons. The Morgan fingerprint density at radius 1 is 1.25 bits per heavy atom. The summed E-state index contributed by atoms with van der Waals surface area (Å²) in [4.78, 5) is 0. The number of nitrogens with two attached hydrogens (primary N) is 1. The van der Waals surface area contributed by atoms with E-state index in [9.17, 15) is 0 Å². The van der Waals surface area contributed by atoms with Crippen molar-refractivity contribution in [2.24, 2.45) is 5.73 Å². The van der Waals surface area contributed by atoms with Crippen LogP contribution in [0.2, 0.25) is 0 Å². The second kappa shape index (κ2) is 8.71. The molecule has 3 heteroatoms. The van der Waals surface area contributed by atoms with Crippen LogP contribution in [0.5, 0.6) is 0 Å². The molecule has 0 aliphatic carbocycles. The standard InChI is InChI=1S/C9H19NO2/c1-3-4-11-5-6-12-8-9(2)7-10/h2-8,10H2,1H3. The summed E-state index contributed by atoms with van der Waals surface area (Å²) >= 11 is 0. The average molecular weight is 173 g/mol. The summed E-state index contributed by atoms with van der Waals surface area (Å²) in [6.07, 6.45) is 1.05. The molecular weight excluding hydrogens is 154 g/mol. The van der Waals surface area contributed by atoms with Crippen molar-refractivity contribution in [2.45, 2.75) is 13.3 Å². The van der Waals surface area contributed by atoms with E-state index in [-0.39, 0.29) is 0 Å². The summed E-state index contributed by atoms with van der Waals surface area (Å²) < 4.78 is 10.4. The van der Waals surface area contributed by atoms with Gasteiger partial charge in [0.05, 0.1) is 19.8 Å². The Labute approximate surface area is 74.5 Å². The van der Waals surface area contributed by atoms with Crippen LogP contribution in [0.1, 0.15) is 13.3 Å². The van der Waals surface area contributed by atoms with Gasteiger partial charge in [-0.25, -0.2) is 0 Å². The van der Waals surface area contributed by atoms with Gasteiger partial charge in [0.1, 0.15) is 0 Å². The highest BCUT2D eigenvalue weighted by Gasteiger charge is 1.91. The fourth-order valence-electron chi connectivity index (χ4n) is 0.640. The molecule has 0 unspecified atom stereocenters. The molecule has 2 N–H and O–H groups in total. The monoisotopic (exact) mass is 173 g/mol. The van der Waals surface area contributed by atoms with Crippen molar-refractivity contribution in [2.75, 3.05) is 33.0 Å². The maximum absolute atomic E-state index is 5.32. The Morgan fingerprint density at radius 3 is 2.50 bits per heavy atom. The summed E-state index contributed by atoms with van der Waals surface area (Å²) in [5.41, 5.74) is 6.25. The Balaban J connectivity index is 2.95. The van der Waals surface area contributed by atoms with Crippen molar-refractivity contribution in [3.05, 3.63) is 12.2 Å². The molecule has 0 heterocycles. The minimum Gasteiger partial charge on any atom is -0.379 e. The molecule has 0 spiro atoms. The Bertz CT molecular complexity index is 115. The molecule has 0 aliphatic rings. The zero-order valence-electron chi connectivity index (χ0n) is 7.84. The van der Waals surface area contributed by atoms with Gasteiger partial charge in [0.25, 0.3) is 0 Å². The van der Waals surface area contributed by atoms with E-state index in [1.165, 1.54) is 0 Å². The second-order valence-electron chi connectivity index (χ2n) is 2.62. The molecule has 0 aromatic heterocycles. The lowest BCUT2D eigenvalue weighted by Crippen LogP contribution is -2.11. The molecule has 72 valence electrons. The molecule has 0 amide bonds. The third kappa shape index (κ3) is 7.72. The van der Waals surface area contributed by atoms with Gasteiger partial charge in [0.15, 0.2) is 0 Å². The van der Waals surface area contributed by atoms with Gasteiger partial charge in [-0.1, -0.05) is 13.5 Å². The molecule has 0 aromatic rings. The van der Waals surface area contributed by atoms with Crippen LogP contribution < -0.4 is 5.73 Å². The van der Waals surface area contributed by atoms with Crippen molar-refractivity contribution >= 4 is 0 Å². The summed E-state index contributed by atoms with van der Waals surface area (Å²) in [6.45, 7) is 8.93. The van der Waals surface area contributed by atoms with Crippen LogP contribution in [0.25, 0.3) is 0 Å². The Kier molecular flexibility index (Phi) is 8.44. The largest absolute Gasteiger partial charge is 0.379 e. The predicted molar refractivity (Wildman–Crippen MR) is 50.1 cm³/mol. The SMILES string of the molecule is C=C(CN)COCCOCCC. The topological polar surface area (TPSA) is 44.5 Å². The fourth-order valence-corrected chi connectivity index (χ4v) is 0.640. The van der Waals surface area contributed by atoms with E-state index in [1.807, 2.05) is 0 Å². The van der Waals surface area contributed by atoms with Crippen molar-refractivity contribution in [1.29, 1.82) is 0 Å². The number of rotatable bonds is 8. The minimum atomic E-state index is 0.496. The molecule has 0 bridgehead atoms. The fraction of sp³-hybridized carbons (Fsp3) is 0.778. The third-order valence-electron chi connectivity index (χ3n) is 1.32. The highest BCUT2D eigenvalue weighted by atomic mass is 16.5. The molecule has 0 saturated carbocycles. The van der Waals surface area contributed by atoms with E-state index in [2.05, 4.69) is 13.5 Å². The van der Waals surface area contributed by atoms with E-state index >= 15 is 0 Å². The first kappa shape index (κ1) is 11.6. The molecule has 0 atom stereocenters. The Hall–Kier alpha value is -0.380. The second-order valence-corrected chi connectivity index (χ2v) is 2.62. The normalized spacial score (nSPS) is 10.2. The van der Waals surface area contributed by atoms with Gasteiger partial charge in [0, 0.05) is 13.2 Å². The minimum absolute atomic E-state index is 0.496. The molecule has 12 heavy (non-hydrogen) atoms. The zero-order chi connectivity index (χ0) is 9.23. The van der Waals surface area contributed by atoms with Crippen molar-refractivity contribution in [1.82, 2.24) is 0 Å². The molecule has 0 aromatic carbocycles. The van der Waals surface area contributed by atoms with E-state index < -0.39 is 0 Å².